The minimum absolute atomic E-state index is 0.218. The molecule has 1 unspecified atom stereocenters. The second-order valence-electron chi connectivity index (χ2n) is 3.57. The van der Waals surface area contributed by atoms with E-state index < -0.39 is 15.9 Å². The maximum Gasteiger partial charge on any atom is 0.190 e. The Bertz CT molecular complexity index is 386. The molecule has 1 heterocycles. The van der Waals surface area contributed by atoms with Crippen LogP contribution < -0.4 is 5.32 Å². The molecule has 0 aliphatic rings. The molecule has 0 saturated heterocycles. The summed E-state index contributed by atoms with van der Waals surface area (Å²) in [5.74, 6) is -0.218. The third-order valence-corrected chi connectivity index (χ3v) is 5.30. The second kappa shape index (κ2) is 6.34. The molecular weight excluding hydrogens is 246 g/mol. The average molecular weight is 263 g/mol. The van der Waals surface area contributed by atoms with E-state index >= 15 is 0 Å². The molecule has 92 valence electrons. The molecule has 0 aliphatic carbocycles. The maximum absolute atomic E-state index is 11.8. The zero-order valence-electron chi connectivity index (χ0n) is 9.22. The summed E-state index contributed by atoms with van der Waals surface area (Å²) >= 11 is 1.18. The molecule has 0 spiro atoms. The molecule has 6 heteroatoms. The summed E-state index contributed by atoms with van der Waals surface area (Å²) in [6.45, 7) is 3.12. The molecule has 1 rings (SSSR count). The lowest BCUT2D eigenvalue weighted by molar-refractivity contribution is 0.194. The van der Waals surface area contributed by atoms with E-state index in [-0.39, 0.29) is 5.75 Å². The van der Waals surface area contributed by atoms with E-state index in [2.05, 4.69) is 5.32 Å². The van der Waals surface area contributed by atoms with Gasteiger partial charge in [0, 0.05) is 6.54 Å². The summed E-state index contributed by atoms with van der Waals surface area (Å²) in [6.07, 6.45) is 0.114. The molecule has 0 radical (unpaired) electrons. The van der Waals surface area contributed by atoms with E-state index in [1.807, 2.05) is 6.92 Å². The van der Waals surface area contributed by atoms with Crippen LogP contribution in [-0.4, -0.2) is 38.5 Å². The normalized spacial score (nSPS) is 13.9. The van der Waals surface area contributed by atoms with Crippen molar-refractivity contribution in [1.29, 1.82) is 0 Å². The Balaban J connectivity index is 2.47. The van der Waals surface area contributed by atoms with E-state index in [1.165, 1.54) is 11.3 Å². The minimum Gasteiger partial charge on any atom is -0.391 e. The Kier molecular flexibility index (Phi) is 5.40. The first kappa shape index (κ1) is 13.6. The van der Waals surface area contributed by atoms with Crippen molar-refractivity contribution >= 4 is 21.2 Å². The number of nitrogens with one attached hydrogen (secondary N) is 1. The molecule has 1 aromatic heterocycles. The molecule has 16 heavy (non-hydrogen) atoms. The van der Waals surface area contributed by atoms with Gasteiger partial charge in [0.2, 0.25) is 0 Å². The number of rotatable bonds is 7. The summed E-state index contributed by atoms with van der Waals surface area (Å²) in [4.78, 5) is 0. The van der Waals surface area contributed by atoms with Crippen molar-refractivity contribution in [3.63, 3.8) is 0 Å². The van der Waals surface area contributed by atoms with Crippen molar-refractivity contribution < 1.29 is 13.5 Å². The number of hydrogen-bond donors (Lipinski definition) is 2. The SMILES string of the molecule is CCCNCC(O)CS(=O)(=O)c1cccs1. The maximum atomic E-state index is 11.8. The molecule has 0 fully saturated rings. The zero-order valence-corrected chi connectivity index (χ0v) is 10.9. The summed E-state index contributed by atoms with van der Waals surface area (Å²) in [5.41, 5.74) is 0. The van der Waals surface area contributed by atoms with Crippen LogP contribution in [-0.2, 0) is 9.84 Å². The summed E-state index contributed by atoms with van der Waals surface area (Å²) in [5, 5.41) is 14.3. The van der Waals surface area contributed by atoms with Crippen LogP contribution in [0.2, 0.25) is 0 Å². The van der Waals surface area contributed by atoms with Crippen molar-refractivity contribution in [2.45, 2.75) is 23.7 Å². The predicted molar refractivity (Wildman–Crippen MR) is 65.5 cm³/mol. The fourth-order valence-electron chi connectivity index (χ4n) is 1.28. The summed E-state index contributed by atoms with van der Waals surface area (Å²) < 4.78 is 23.8. The minimum atomic E-state index is -3.32. The lowest BCUT2D eigenvalue weighted by atomic mass is 10.4. The van der Waals surface area contributed by atoms with Crippen LogP contribution in [0.3, 0.4) is 0 Å². The molecule has 4 nitrogen and oxygen atoms in total. The highest BCUT2D eigenvalue weighted by atomic mass is 32.2. The first-order valence-corrected chi connectivity index (χ1v) is 7.74. The van der Waals surface area contributed by atoms with Gasteiger partial charge in [0.05, 0.1) is 11.9 Å². The van der Waals surface area contributed by atoms with Gasteiger partial charge in [-0.2, -0.15) is 0 Å². The molecule has 0 amide bonds. The van der Waals surface area contributed by atoms with Gasteiger partial charge in [0.25, 0.3) is 0 Å². The third-order valence-electron chi connectivity index (χ3n) is 2.02. The van der Waals surface area contributed by atoms with Crippen molar-refractivity contribution in [2.24, 2.45) is 0 Å². The van der Waals surface area contributed by atoms with Crippen molar-refractivity contribution in [1.82, 2.24) is 5.32 Å². The summed E-state index contributed by atoms with van der Waals surface area (Å²) in [7, 11) is -3.32. The number of hydrogen-bond acceptors (Lipinski definition) is 5. The number of thiophene rings is 1. The predicted octanol–water partition coefficient (Wildman–Crippen LogP) is 0.882. The van der Waals surface area contributed by atoms with Gasteiger partial charge in [0.1, 0.15) is 4.21 Å². The number of aliphatic hydroxyl groups is 1. The van der Waals surface area contributed by atoms with Crippen LogP contribution in [0.25, 0.3) is 0 Å². The van der Waals surface area contributed by atoms with Crippen LogP contribution in [0.4, 0.5) is 0 Å². The van der Waals surface area contributed by atoms with Gasteiger partial charge >= 0.3 is 0 Å². The molecule has 0 aliphatic heterocycles. The second-order valence-corrected chi connectivity index (χ2v) is 6.78. The van der Waals surface area contributed by atoms with Gasteiger partial charge < -0.3 is 10.4 Å². The van der Waals surface area contributed by atoms with Gasteiger partial charge in [-0.15, -0.1) is 11.3 Å². The van der Waals surface area contributed by atoms with Crippen LogP contribution in [0, 0.1) is 0 Å². The van der Waals surface area contributed by atoms with Gasteiger partial charge in [-0.1, -0.05) is 13.0 Å². The van der Waals surface area contributed by atoms with Crippen LogP contribution >= 0.6 is 11.3 Å². The lowest BCUT2D eigenvalue weighted by Gasteiger charge is -2.10. The highest BCUT2D eigenvalue weighted by molar-refractivity contribution is 7.93. The fraction of sp³-hybridized carbons (Fsp3) is 0.600. The topological polar surface area (TPSA) is 66.4 Å². The van der Waals surface area contributed by atoms with Crippen molar-refractivity contribution in [2.75, 3.05) is 18.8 Å². The molecule has 0 bridgehead atoms. The Morgan fingerprint density at radius 2 is 2.31 bits per heavy atom. The van der Waals surface area contributed by atoms with Gasteiger partial charge in [-0.25, -0.2) is 8.42 Å². The van der Waals surface area contributed by atoms with Crippen LogP contribution in [0.5, 0.6) is 0 Å². The van der Waals surface area contributed by atoms with E-state index in [0.717, 1.165) is 13.0 Å². The number of aliphatic hydroxyl groups excluding tert-OH is 1. The molecule has 0 aromatic carbocycles. The zero-order chi connectivity index (χ0) is 12.0. The van der Waals surface area contributed by atoms with Gasteiger partial charge in [0.15, 0.2) is 9.84 Å². The first-order chi connectivity index (χ1) is 7.56. The first-order valence-electron chi connectivity index (χ1n) is 5.21. The van der Waals surface area contributed by atoms with Crippen molar-refractivity contribution in [3.8, 4) is 0 Å². The third kappa shape index (κ3) is 4.21. The van der Waals surface area contributed by atoms with E-state index in [9.17, 15) is 13.5 Å². The Morgan fingerprint density at radius 3 is 2.88 bits per heavy atom. The van der Waals surface area contributed by atoms with Gasteiger partial charge in [-0.05, 0) is 24.4 Å². The van der Waals surface area contributed by atoms with Gasteiger partial charge in [-0.3, -0.25) is 0 Å². The smallest absolute Gasteiger partial charge is 0.190 e. The lowest BCUT2D eigenvalue weighted by Crippen LogP contribution is -2.32. The Labute approximate surface area is 100 Å². The highest BCUT2D eigenvalue weighted by Gasteiger charge is 2.20. The van der Waals surface area contributed by atoms with Crippen LogP contribution in [0.15, 0.2) is 21.7 Å². The Hall–Kier alpha value is -0.430. The van der Waals surface area contributed by atoms with E-state index in [4.69, 9.17) is 0 Å². The molecule has 2 N–H and O–H groups in total. The standard InChI is InChI=1S/C10H17NO3S2/c1-2-5-11-7-9(12)8-16(13,14)10-4-3-6-15-10/h3-4,6,9,11-12H,2,5,7-8H2,1H3. The quantitative estimate of drug-likeness (QED) is 0.717. The molecular formula is C10H17NO3S2. The van der Waals surface area contributed by atoms with E-state index in [0.29, 0.717) is 10.8 Å². The molecule has 1 atom stereocenters. The summed E-state index contributed by atoms with van der Waals surface area (Å²) in [6, 6.07) is 3.26. The number of sulfone groups is 1. The average Bonchev–Trinajstić information content (AvgIpc) is 2.70. The van der Waals surface area contributed by atoms with E-state index in [1.54, 1.807) is 17.5 Å². The monoisotopic (exact) mass is 263 g/mol. The highest BCUT2D eigenvalue weighted by Crippen LogP contribution is 2.17. The molecule has 0 saturated carbocycles. The molecule has 1 aromatic rings. The van der Waals surface area contributed by atoms with Crippen molar-refractivity contribution in [3.05, 3.63) is 17.5 Å². The fourth-order valence-corrected chi connectivity index (χ4v) is 3.76. The largest absolute Gasteiger partial charge is 0.391 e. The Morgan fingerprint density at radius 1 is 1.56 bits per heavy atom. The van der Waals surface area contributed by atoms with Crippen LogP contribution in [0.1, 0.15) is 13.3 Å².